The summed E-state index contributed by atoms with van der Waals surface area (Å²) in [6.45, 7) is 7.73. The van der Waals surface area contributed by atoms with Crippen LogP contribution in [0.25, 0.3) is 0 Å². The molecule has 1 atom stereocenters. The number of piperazine rings is 1. The van der Waals surface area contributed by atoms with E-state index in [4.69, 9.17) is 0 Å². The molecular formula is C13H16BrFN2. The molecule has 92 valence electrons. The van der Waals surface area contributed by atoms with Gasteiger partial charge in [-0.05, 0) is 27.6 Å². The fraction of sp³-hybridized carbons (Fsp3) is 0.385. The van der Waals surface area contributed by atoms with Gasteiger partial charge in [0.1, 0.15) is 5.82 Å². The van der Waals surface area contributed by atoms with Crippen LogP contribution in [0.1, 0.15) is 11.6 Å². The first-order valence-electron chi connectivity index (χ1n) is 5.75. The molecule has 0 spiro atoms. The van der Waals surface area contributed by atoms with Crippen LogP contribution in [0.2, 0.25) is 0 Å². The van der Waals surface area contributed by atoms with Crippen LogP contribution in [0, 0.1) is 5.82 Å². The smallest absolute Gasteiger partial charge is 0.137 e. The molecule has 1 aromatic rings. The van der Waals surface area contributed by atoms with E-state index < -0.39 is 0 Å². The van der Waals surface area contributed by atoms with Crippen LogP contribution >= 0.6 is 15.9 Å². The third-order valence-corrected chi connectivity index (χ3v) is 3.90. The summed E-state index contributed by atoms with van der Waals surface area (Å²) in [5.74, 6) is -0.218. The van der Waals surface area contributed by atoms with Gasteiger partial charge in [0.05, 0.1) is 10.5 Å². The van der Waals surface area contributed by atoms with Gasteiger partial charge in [-0.1, -0.05) is 18.2 Å². The van der Waals surface area contributed by atoms with E-state index in [0.29, 0.717) is 4.47 Å². The summed E-state index contributed by atoms with van der Waals surface area (Å²) < 4.78 is 14.1. The Hall–Kier alpha value is -0.710. The minimum Gasteiger partial charge on any atom is -0.314 e. The molecule has 0 saturated carbocycles. The van der Waals surface area contributed by atoms with E-state index in [1.807, 2.05) is 12.1 Å². The highest BCUT2D eigenvalue weighted by Gasteiger charge is 2.22. The quantitative estimate of drug-likeness (QED) is 0.863. The minimum absolute atomic E-state index is 0.0715. The molecule has 1 fully saturated rings. The Bertz CT molecular complexity index is 402. The normalized spacial score (nSPS) is 18.9. The van der Waals surface area contributed by atoms with Gasteiger partial charge in [-0.2, -0.15) is 0 Å². The van der Waals surface area contributed by atoms with E-state index in [2.05, 4.69) is 32.7 Å². The van der Waals surface area contributed by atoms with E-state index in [1.165, 1.54) is 6.07 Å². The highest BCUT2D eigenvalue weighted by Crippen LogP contribution is 2.30. The van der Waals surface area contributed by atoms with Crippen molar-refractivity contribution in [1.82, 2.24) is 10.2 Å². The van der Waals surface area contributed by atoms with Crippen molar-refractivity contribution in [2.45, 2.75) is 6.04 Å². The SMILES string of the molecule is C=C[C@@H](c1cccc(F)c1Br)N1CCNCC1. The second-order valence-corrected chi connectivity index (χ2v) is 4.90. The molecule has 1 aliphatic rings. The number of rotatable bonds is 3. The molecule has 0 bridgehead atoms. The summed E-state index contributed by atoms with van der Waals surface area (Å²) >= 11 is 3.32. The number of hydrogen-bond donors (Lipinski definition) is 1. The molecule has 1 aromatic carbocycles. The Kier molecular flexibility index (Phi) is 4.31. The molecule has 17 heavy (non-hydrogen) atoms. The highest BCUT2D eigenvalue weighted by molar-refractivity contribution is 9.10. The lowest BCUT2D eigenvalue weighted by Gasteiger charge is -2.33. The number of nitrogens with one attached hydrogen (secondary N) is 1. The molecule has 1 N–H and O–H groups in total. The molecule has 0 aromatic heterocycles. The molecule has 0 aliphatic carbocycles. The van der Waals surface area contributed by atoms with Crippen molar-refractivity contribution in [2.24, 2.45) is 0 Å². The maximum Gasteiger partial charge on any atom is 0.137 e. The summed E-state index contributed by atoms with van der Waals surface area (Å²) in [7, 11) is 0. The zero-order valence-corrected chi connectivity index (χ0v) is 11.2. The predicted octanol–water partition coefficient (Wildman–Crippen LogP) is 2.72. The third-order valence-electron chi connectivity index (χ3n) is 3.07. The van der Waals surface area contributed by atoms with Crippen LogP contribution < -0.4 is 5.32 Å². The van der Waals surface area contributed by atoms with Gasteiger partial charge in [0.15, 0.2) is 0 Å². The van der Waals surface area contributed by atoms with Crippen LogP contribution in [0.5, 0.6) is 0 Å². The molecule has 1 saturated heterocycles. The van der Waals surface area contributed by atoms with Crippen LogP contribution in [0.3, 0.4) is 0 Å². The van der Waals surface area contributed by atoms with Crippen LogP contribution in [0.4, 0.5) is 4.39 Å². The van der Waals surface area contributed by atoms with Crippen molar-refractivity contribution in [1.29, 1.82) is 0 Å². The summed E-state index contributed by atoms with van der Waals surface area (Å²) in [6, 6.07) is 5.23. The second-order valence-electron chi connectivity index (χ2n) is 4.11. The van der Waals surface area contributed by atoms with Crippen molar-refractivity contribution >= 4 is 15.9 Å². The van der Waals surface area contributed by atoms with E-state index in [9.17, 15) is 4.39 Å². The summed E-state index contributed by atoms with van der Waals surface area (Å²) in [6.07, 6.45) is 1.88. The third kappa shape index (κ3) is 2.76. The van der Waals surface area contributed by atoms with Crippen LogP contribution in [-0.2, 0) is 0 Å². The standard InChI is InChI=1S/C13H16BrFN2/c1-2-12(17-8-6-16-7-9-17)10-4-3-5-11(15)13(10)14/h2-5,12,16H,1,6-9H2/t12-/m0/s1. The largest absolute Gasteiger partial charge is 0.314 e. The predicted molar refractivity (Wildman–Crippen MR) is 71.5 cm³/mol. The summed E-state index contributed by atoms with van der Waals surface area (Å²) in [4.78, 5) is 2.31. The molecule has 4 heteroatoms. The Morgan fingerprint density at radius 1 is 1.41 bits per heavy atom. The number of halogens is 2. The molecular weight excluding hydrogens is 283 g/mol. The van der Waals surface area contributed by atoms with Crippen LogP contribution in [0.15, 0.2) is 35.3 Å². The van der Waals surface area contributed by atoms with Gasteiger partial charge >= 0.3 is 0 Å². The van der Waals surface area contributed by atoms with E-state index >= 15 is 0 Å². The Labute approximate surface area is 110 Å². The second kappa shape index (κ2) is 5.76. The first-order valence-corrected chi connectivity index (χ1v) is 6.54. The Morgan fingerprint density at radius 3 is 2.76 bits per heavy atom. The molecule has 0 unspecified atom stereocenters. The average molecular weight is 299 g/mol. The van der Waals surface area contributed by atoms with Gasteiger partial charge < -0.3 is 5.32 Å². The maximum absolute atomic E-state index is 13.5. The molecule has 1 heterocycles. The molecule has 0 radical (unpaired) electrons. The Balaban J connectivity index is 2.27. The lowest BCUT2D eigenvalue weighted by molar-refractivity contribution is 0.203. The Morgan fingerprint density at radius 2 is 2.12 bits per heavy atom. The first-order chi connectivity index (χ1) is 8.24. The van der Waals surface area contributed by atoms with Gasteiger partial charge in [0.25, 0.3) is 0 Å². The zero-order chi connectivity index (χ0) is 12.3. The van der Waals surface area contributed by atoms with Crippen molar-refractivity contribution in [3.63, 3.8) is 0 Å². The monoisotopic (exact) mass is 298 g/mol. The molecule has 2 nitrogen and oxygen atoms in total. The highest BCUT2D eigenvalue weighted by atomic mass is 79.9. The molecule has 1 aliphatic heterocycles. The van der Waals surface area contributed by atoms with Crippen molar-refractivity contribution in [2.75, 3.05) is 26.2 Å². The van der Waals surface area contributed by atoms with E-state index in [-0.39, 0.29) is 11.9 Å². The van der Waals surface area contributed by atoms with E-state index in [1.54, 1.807) is 6.07 Å². The topological polar surface area (TPSA) is 15.3 Å². The number of benzene rings is 1. The number of nitrogens with zero attached hydrogens (tertiary/aromatic N) is 1. The fourth-order valence-corrected chi connectivity index (χ4v) is 2.68. The fourth-order valence-electron chi connectivity index (χ4n) is 2.18. The lowest BCUT2D eigenvalue weighted by atomic mass is 10.0. The first kappa shape index (κ1) is 12.7. The molecule has 0 amide bonds. The van der Waals surface area contributed by atoms with Crippen molar-refractivity contribution < 1.29 is 4.39 Å². The lowest BCUT2D eigenvalue weighted by Crippen LogP contribution is -2.44. The van der Waals surface area contributed by atoms with Gasteiger partial charge in [-0.15, -0.1) is 6.58 Å². The van der Waals surface area contributed by atoms with Gasteiger partial charge in [0, 0.05) is 26.2 Å². The zero-order valence-electron chi connectivity index (χ0n) is 9.63. The average Bonchev–Trinajstić information content (AvgIpc) is 2.37. The van der Waals surface area contributed by atoms with Crippen LogP contribution in [-0.4, -0.2) is 31.1 Å². The summed E-state index contributed by atoms with van der Waals surface area (Å²) in [5, 5.41) is 3.31. The van der Waals surface area contributed by atoms with Crippen molar-refractivity contribution in [3.8, 4) is 0 Å². The van der Waals surface area contributed by atoms with Crippen molar-refractivity contribution in [3.05, 3.63) is 46.7 Å². The maximum atomic E-state index is 13.5. The summed E-state index contributed by atoms with van der Waals surface area (Å²) in [5.41, 5.74) is 0.946. The molecule has 2 rings (SSSR count). The number of hydrogen-bond acceptors (Lipinski definition) is 2. The minimum atomic E-state index is -0.218. The van der Waals surface area contributed by atoms with Gasteiger partial charge in [-0.25, -0.2) is 4.39 Å². The van der Waals surface area contributed by atoms with Gasteiger partial charge in [-0.3, -0.25) is 4.90 Å². The van der Waals surface area contributed by atoms with E-state index in [0.717, 1.165) is 31.7 Å². The van der Waals surface area contributed by atoms with Gasteiger partial charge in [0.2, 0.25) is 0 Å².